The quantitative estimate of drug-likeness (QED) is 0.180. The zero-order valence-corrected chi connectivity index (χ0v) is 20.7. The number of fused-ring (bicyclic) bond motifs is 1. The molecule has 0 bridgehead atoms. The van der Waals surface area contributed by atoms with Gasteiger partial charge in [0.05, 0.1) is 12.9 Å². The highest BCUT2D eigenvalue weighted by Gasteiger charge is 2.35. The molecule has 0 aliphatic carbocycles. The third-order valence-corrected chi connectivity index (χ3v) is 8.37. The third kappa shape index (κ3) is 7.37. The van der Waals surface area contributed by atoms with Gasteiger partial charge in [-0.05, 0) is 12.5 Å². The number of rotatable bonds is 12. The van der Waals surface area contributed by atoms with E-state index in [1.165, 1.54) is 18.0 Å². The number of aliphatic hydroxyl groups excluding tert-OH is 2. The number of anilines is 1. The number of imidazole rings is 1. The first-order valence-electron chi connectivity index (χ1n) is 10.3. The fourth-order valence-corrected chi connectivity index (χ4v) is 5.82. The largest absolute Gasteiger partial charge is 0.386 e. The lowest BCUT2D eigenvalue weighted by Gasteiger charge is -2.27. The van der Waals surface area contributed by atoms with Gasteiger partial charge in [0, 0.05) is 13.7 Å². The molecule has 0 spiro atoms. The fourth-order valence-electron chi connectivity index (χ4n) is 3.25. The highest BCUT2D eigenvalue weighted by Crippen LogP contribution is 2.55. The molecule has 1 unspecified atom stereocenters. The summed E-state index contributed by atoms with van der Waals surface area (Å²) < 4.78 is 33.8. The van der Waals surface area contributed by atoms with E-state index in [-0.39, 0.29) is 5.65 Å². The molecule has 0 saturated carbocycles. The zero-order chi connectivity index (χ0) is 25.8. The Labute approximate surface area is 200 Å². The molecule has 2 heterocycles. The minimum absolute atomic E-state index is 0.213. The Morgan fingerprint density at radius 1 is 1.11 bits per heavy atom. The highest BCUT2D eigenvalue weighted by atomic mass is 31.2. The lowest BCUT2D eigenvalue weighted by atomic mass is 10.2. The van der Waals surface area contributed by atoms with Gasteiger partial charge in [0.1, 0.15) is 18.0 Å². The molecule has 0 amide bonds. The monoisotopic (exact) mass is 531 g/mol. The molecule has 0 aliphatic rings. The van der Waals surface area contributed by atoms with Crippen LogP contribution < -0.4 is 5.32 Å². The van der Waals surface area contributed by atoms with Crippen molar-refractivity contribution in [2.75, 3.05) is 24.9 Å². The smallest absolute Gasteiger partial charge is 0.340 e. The second-order valence-electron chi connectivity index (χ2n) is 7.70. The minimum Gasteiger partial charge on any atom is -0.386 e. The number of ether oxygens (including phenoxy) is 1. The Bertz CT molecular complexity index is 1240. The molecule has 35 heavy (non-hydrogen) atoms. The van der Waals surface area contributed by atoms with Crippen LogP contribution >= 0.6 is 15.2 Å². The number of nitrogens with one attached hydrogen (secondary N) is 1. The number of aliphatic hydroxyl groups is 2. The maximum atomic E-state index is 11.9. The number of benzene rings is 1. The molecular weight excluding hydrogens is 504 g/mol. The van der Waals surface area contributed by atoms with Gasteiger partial charge in [0.2, 0.25) is 0 Å². The van der Waals surface area contributed by atoms with Crippen molar-refractivity contribution in [1.82, 2.24) is 19.5 Å². The van der Waals surface area contributed by atoms with Gasteiger partial charge in [-0.15, -0.1) is 0 Å². The topological polar surface area (TPSA) is 209 Å². The number of nitrogens with zero attached hydrogens (tertiary/aromatic N) is 4. The first-order valence-corrected chi connectivity index (χ1v) is 13.8. The van der Waals surface area contributed by atoms with Crippen LogP contribution in [0.3, 0.4) is 0 Å². The number of aromatic nitrogens is 4. The van der Waals surface area contributed by atoms with E-state index in [1.807, 2.05) is 30.3 Å². The number of hydrogen-bond donors (Lipinski definition) is 6. The highest BCUT2D eigenvalue weighted by molar-refractivity contribution is 7.70. The van der Waals surface area contributed by atoms with Crippen LogP contribution in [0.4, 0.5) is 5.82 Å². The van der Waals surface area contributed by atoms with Crippen molar-refractivity contribution in [1.29, 1.82) is 0 Å². The molecule has 0 fully saturated rings. The molecule has 14 nitrogen and oxygen atoms in total. The van der Waals surface area contributed by atoms with Crippen molar-refractivity contribution in [3.8, 4) is 0 Å². The van der Waals surface area contributed by atoms with Crippen LogP contribution in [-0.2, 0) is 24.9 Å². The van der Waals surface area contributed by atoms with E-state index < -0.39 is 46.1 Å². The molecule has 192 valence electrons. The van der Waals surface area contributed by atoms with E-state index >= 15 is 0 Å². The Kier molecular flexibility index (Phi) is 8.76. The molecule has 0 radical (unpaired) electrons. The normalized spacial score (nSPS) is 16.5. The summed E-state index contributed by atoms with van der Waals surface area (Å²) in [7, 11) is -8.34. The van der Waals surface area contributed by atoms with Crippen molar-refractivity contribution in [2.24, 2.45) is 0 Å². The lowest BCUT2D eigenvalue weighted by Crippen LogP contribution is -2.39. The second-order valence-corrected chi connectivity index (χ2v) is 11.7. The van der Waals surface area contributed by atoms with Gasteiger partial charge >= 0.3 is 15.2 Å². The maximum Gasteiger partial charge on any atom is 0.340 e. The number of methoxy groups -OCH3 is 1. The van der Waals surface area contributed by atoms with Gasteiger partial charge in [0.25, 0.3) is 0 Å². The van der Waals surface area contributed by atoms with E-state index in [0.717, 1.165) is 5.56 Å². The number of hydrogen-bond acceptors (Lipinski definition) is 10. The average molecular weight is 531 g/mol. The standard InChI is InChI=1S/C19H27N5O9P2/c1-12-22-17(20-8-13-6-4-3-5-7-13)15-18(23-12)24(10-21-15)19(26)16(25)14(32-2)9-33-35(30,31)11-34(27,28)29/h3-7,10,14,16,19,25-26H,8-9,11H2,1-2H3,(H,30,31)(H,20,22,23)(H2,27,28,29)/t14-,16-,19-/m1/s1. The van der Waals surface area contributed by atoms with Gasteiger partial charge in [-0.2, -0.15) is 0 Å². The SMILES string of the molecule is CO[C@H](COP(=O)(O)CP(=O)(O)O)[C@@H](O)[C@@H](O)n1cnc2c(NCc3ccccc3)nc(C)nc21. The van der Waals surface area contributed by atoms with Crippen LogP contribution in [0.1, 0.15) is 17.6 Å². The van der Waals surface area contributed by atoms with E-state index in [2.05, 4.69) is 20.3 Å². The molecule has 1 aromatic carbocycles. The van der Waals surface area contributed by atoms with Crippen LogP contribution in [0, 0.1) is 6.92 Å². The van der Waals surface area contributed by atoms with Gasteiger partial charge in [-0.3, -0.25) is 13.7 Å². The average Bonchev–Trinajstić information content (AvgIpc) is 3.20. The van der Waals surface area contributed by atoms with Gasteiger partial charge in [-0.1, -0.05) is 30.3 Å². The van der Waals surface area contributed by atoms with Crippen LogP contribution in [0.15, 0.2) is 36.7 Å². The number of aryl methyl sites for hydroxylation is 1. The lowest BCUT2D eigenvalue weighted by molar-refractivity contribution is -0.113. The molecule has 2 aromatic heterocycles. The van der Waals surface area contributed by atoms with Crippen molar-refractivity contribution in [3.63, 3.8) is 0 Å². The summed E-state index contributed by atoms with van der Waals surface area (Å²) >= 11 is 0. The Balaban J connectivity index is 1.78. The molecule has 0 saturated heterocycles. The molecule has 0 aliphatic heterocycles. The van der Waals surface area contributed by atoms with Crippen molar-refractivity contribution < 1.29 is 43.3 Å². The van der Waals surface area contributed by atoms with Crippen molar-refractivity contribution >= 4 is 32.2 Å². The minimum atomic E-state index is -4.82. The molecule has 16 heteroatoms. The Morgan fingerprint density at radius 2 is 1.80 bits per heavy atom. The molecule has 6 N–H and O–H groups in total. The summed E-state index contributed by atoms with van der Waals surface area (Å²) in [5.74, 6) is -0.597. The second kappa shape index (κ2) is 11.2. The van der Waals surface area contributed by atoms with E-state index in [0.29, 0.717) is 23.7 Å². The van der Waals surface area contributed by atoms with Gasteiger partial charge in [-0.25, -0.2) is 15.0 Å². The Morgan fingerprint density at radius 3 is 2.43 bits per heavy atom. The molecule has 4 atom stereocenters. The van der Waals surface area contributed by atoms with E-state index in [4.69, 9.17) is 19.0 Å². The van der Waals surface area contributed by atoms with E-state index in [1.54, 1.807) is 6.92 Å². The summed E-state index contributed by atoms with van der Waals surface area (Å²) in [6.07, 6.45) is -3.44. The third-order valence-electron chi connectivity index (χ3n) is 4.91. The summed E-state index contributed by atoms with van der Waals surface area (Å²) in [4.78, 5) is 40.3. The van der Waals surface area contributed by atoms with Gasteiger partial charge in [0.15, 0.2) is 29.1 Å². The van der Waals surface area contributed by atoms with Crippen LogP contribution in [-0.4, -0.2) is 76.2 Å². The van der Waals surface area contributed by atoms with Crippen LogP contribution in [0.2, 0.25) is 0 Å². The molecular formula is C19H27N5O9P2. The summed E-state index contributed by atoms with van der Waals surface area (Å²) in [6, 6.07) is 9.59. The zero-order valence-electron chi connectivity index (χ0n) is 18.9. The van der Waals surface area contributed by atoms with E-state index in [9.17, 15) is 24.2 Å². The predicted molar refractivity (Wildman–Crippen MR) is 125 cm³/mol. The maximum absolute atomic E-state index is 11.9. The summed E-state index contributed by atoms with van der Waals surface area (Å²) in [5, 5.41) is 24.6. The van der Waals surface area contributed by atoms with Crippen molar-refractivity contribution in [3.05, 3.63) is 48.0 Å². The van der Waals surface area contributed by atoms with Crippen molar-refractivity contribution in [2.45, 2.75) is 31.9 Å². The van der Waals surface area contributed by atoms with Gasteiger partial charge < -0.3 is 39.5 Å². The first kappa shape index (κ1) is 27.3. The fraction of sp³-hybridized carbons (Fsp3) is 0.421. The van der Waals surface area contributed by atoms with Crippen LogP contribution in [0.5, 0.6) is 0 Å². The summed E-state index contributed by atoms with van der Waals surface area (Å²) in [6.45, 7) is 1.38. The summed E-state index contributed by atoms with van der Waals surface area (Å²) in [5.41, 5.74) is 1.56. The molecule has 3 aromatic rings. The Hall–Kier alpha value is -2.25. The molecule has 3 rings (SSSR count). The first-order chi connectivity index (χ1) is 16.4. The predicted octanol–water partition coefficient (Wildman–Crippen LogP) is 0.951. The van der Waals surface area contributed by atoms with Crippen LogP contribution in [0.25, 0.3) is 11.2 Å².